The molecule has 4 aromatic rings. The minimum Gasteiger partial charge on any atom is -0.488 e. The Bertz CT molecular complexity index is 1510. The quantitative estimate of drug-likeness (QED) is 0.220. The molecule has 4 fully saturated rings. The maximum atomic E-state index is 6.64. The molecule has 2 bridgehead atoms. The molecule has 38 heavy (non-hydrogen) atoms. The third-order valence-corrected chi connectivity index (χ3v) is 10.1. The summed E-state index contributed by atoms with van der Waals surface area (Å²) < 4.78 is 16.1. The van der Waals surface area contributed by atoms with Crippen LogP contribution in [0.3, 0.4) is 0 Å². The molecule has 0 unspecified atom stereocenters. The lowest BCUT2D eigenvalue weighted by molar-refractivity contribution is 0.00958. The first-order chi connectivity index (χ1) is 18.6. The number of hydrogen-bond acceptors (Lipinski definition) is 6. The molecule has 3 aliphatic carbocycles. The monoisotopic (exact) mass is 566 g/mol. The van der Waals surface area contributed by atoms with Gasteiger partial charge in [0.2, 0.25) is 0 Å². The van der Waals surface area contributed by atoms with Gasteiger partial charge in [-0.05, 0) is 62.8 Å². The van der Waals surface area contributed by atoms with E-state index in [1.165, 1.54) is 4.70 Å². The van der Waals surface area contributed by atoms with Crippen LogP contribution in [0.2, 0.25) is 10.0 Å². The first-order valence-electron chi connectivity index (χ1n) is 13.6. The van der Waals surface area contributed by atoms with Crippen molar-refractivity contribution < 1.29 is 9.47 Å². The second-order valence-corrected chi connectivity index (χ2v) is 12.9. The minimum absolute atomic E-state index is 0.233. The van der Waals surface area contributed by atoms with E-state index in [4.69, 9.17) is 42.8 Å². The molecule has 2 aromatic carbocycles. The third-order valence-electron chi connectivity index (χ3n) is 8.37. The molecule has 1 aliphatic heterocycles. The highest BCUT2D eigenvalue weighted by atomic mass is 35.5. The highest BCUT2D eigenvalue weighted by molar-refractivity contribution is 7.22. The summed E-state index contributed by atoms with van der Waals surface area (Å²) in [6, 6.07) is 12.9. The van der Waals surface area contributed by atoms with Crippen LogP contribution in [0.25, 0.3) is 21.3 Å². The summed E-state index contributed by atoms with van der Waals surface area (Å²) >= 11 is 14.9. The number of ether oxygens (including phenoxy) is 2. The van der Waals surface area contributed by atoms with Gasteiger partial charge in [0.25, 0.3) is 0 Å². The molecular formula is C29H28Cl2N4O2S. The van der Waals surface area contributed by atoms with Crippen LogP contribution >= 0.6 is 34.5 Å². The lowest BCUT2D eigenvalue weighted by Crippen LogP contribution is -2.38. The Morgan fingerprint density at radius 1 is 0.974 bits per heavy atom. The van der Waals surface area contributed by atoms with E-state index in [1.54, 1.807) is 11.3 Å². The molecule has 196 valence electrons. The Labute approximate surface area is 235 Å². The number of aromatic nitrogens is 3. The van der Waals surface area contributed by atoms with Gasteiger partial charge in [-0.25, -0.2) is 4.98 Å². The molecular weight excluding hydrogens is 539 g/mol. The standard InChI is InChI=1S/C29H28Cl2N4O2S/c30-21-3-1-4-22(31)27(21)20-13-32-35(17-7-8-17)23(20)15-36-25-12-18-11-16(25)14-34(18)29-33-28-24(37-19-9-10-19)5-2-6-26(28)38-29/h1-6,13,16-19,25H,7-12,14-15H2/t16-,18-,25+/m0/s1. The highest BCUT2D eigenvalue weighted by Crippen LogP contribution is 2.46. The summed E-state index contributed by atoms with van der Waals surface area (Å²) in [6.07, 6.45) is 9.29. The maximum Gasteiger partial charge on any atom is 0.186 e. The zero-order chi connectivity index (χ0) is 25.4. The average molecular weight is 568 g/mol. The predicted molar refractivity (Wildman–Crippen MR) is 152 cm³/mol. The van der Waals surface area contributed by atoms with Gasteiger partial charge in [-0.3, -0.25) is 4.68 Å². The first kappa shape index (κ1) is 23.6. The number of fused-ring (bicyclic) bond motifs is 3. The number of nitrogens with zero attached hydrogens (tertiary/aromatic N) is 4. The van der Waals surface area contributed by atoms with Crippen molar-refractivity contribution in [1.29, 1.82) is 0 Å². The molecule has 3 atom stereocenters. The van der Waals surface area contributed by atoms with Gasteiger partial charge in [-0.15, -0.1) is 0 Å². The molecule has 4 aliphatic rings. The number of piperidine rings is 1. The fourth-order valence-electron chi connectivity index (χ4n) is 6.15. The Morgan fingerprint density at radius 2 is 1.79 bits per heavy atom. The Morgan fingerprint density at radius 3 is 2.53 bits per heavy atom. The molecule has 3 heterocycles. The normalized spacial score (nSPS) is 24.6. The largest absolute Gasteiger partial charge is 0.488 e. The van der Waals surface area contributed by atoms with Crippen molar-refractivity contribution in [1.82, 2.24) is 14.8 Å². The second-order valence-electron chi connectivity index (χ2n) is 11.1. The summed E-state index contributed by atoms with van der Waals surface area (Å²) in [7, 11) is 0. The van der Waals surface area contributed by atoms with Crippen molar-refractivity contribution >= 4 is 49.9 Å². The molecule has 0 amide bonds. The van der Waals surface area contributed by atoms with E-state index in [1.807, 2.05) is 24.4 Å². The number of rotatable bonds is 8. The third kappa shape index (κ3) is 4.10. The fourth-order valence-corrected chi connectivity index (χ4v) is 7.82. The molecule has 9 heteroatoms. The maximum absolute atomic E-state index is 6.64. The number of hydrogen-bond donors (Lipinski definition) is 0. The van der Waals surface area contributed by atoms with E-state index in [0.717, 1.165) is 78.3 Å². The number of benzene rings is 2. The van der Waals surface area contributed by atoms with Crippen molar-refractivity contribution in [2.45, 2.75) is 69.4 Å². The topological polar surface area (TPSA) is 52.4 Å². The van der Waals surface area contributed by atoms with Gasteiger partial charge >= 0.3 is 0 Å². The smallest absolute Gasteiger partial charge is 0.186 e. The van der Waals surface area contributed by atoms with E-state index in [9.17, 15) is 0 Å². The average Bonchev–Trinajstić information content (AvgIpc) is 3.73. The van der Waals surface area contributed by atoms with E-state index >= 15 is 0 Å². The van der Waals surface area contributed by atoms with Crippen LogP contribution in [0.4, 0.5) is 5.13 Å². The van der Waals surface area contributed by atoms with Crippen molar-refractivity contribution in [3.63, 3.8) is 0 Å². The van der Waals surface area contributed by atoms with Gasteiger partial charge in [0.15, 0.2) is 5.13 Å². The number of halogens is 2. The van der Waals surface area contributed by atoms with Crippen LogP contribution in [0, 0.1) is 5.92 Å². The lowest BCUT2D eigenvalue weighted by atomic mass is 10.0. The molecule has 1 saturated heterocycles. The summed E-state index contributed by atoms with van der Waals surface area (Å²) in [6.45, 7) is 1.50. The van der Waals surface area contributed by atoms with Crippen molar-refractivity contribution in [2.24, 2.45) is 5.92 Å². The predicted octanol–water partition coefficient (Wildman–Crippen LogP) is 7.53. The molecule has 0 radical (unpaired) electrons. The molecule has 2 aromatic heterocycles. The van der Waals surface area contributed by atoms with Crippen LogP contribution in [0.15, 0.2) is 42.6 Å². The van der Waals surface area contributed by atoms with Crippen LogP contribution < -0.4 is 9.64 Å². The lowest BCUT2D eigenvalue weighted by Gasteiger charge is -2.31. The van der Waals surface area contributed by atoms with Crippen LogP contribution in [0.5, 0.6) is 5.75 Å². The molecule has 0 spiro atoms. The second kappa shape index (κ2) is 9.12. The van der Waals surface area contributed by atoms with Gasteiger partial charge in [0.05, 0.1) is 51.5 Å². The zero-order valence-corrected chi connectivity index (χ0v) is 23.2. The molecule has 0 N–H and O–H groups in total. The minimum atomic E-state index is 0.233. The SMILES string of the molecule is Clc1cccc(Cl)c1-c1cnn(C2CC2)c1CO[C@@H]1C[C@@H]2C[C@H]1CN2c1nc2c(OC3CC3)cccc2s1. The summed E-state index contributed by atoms with van der Waals surface area (Å²) in [5.74, 6) is 1.43. The van der Waals surface area contributed by atoms with Gasteiger partial charge < -0.3 is 14.4 Å². The Kier molecular flexibility index (Phi) is 5.65. The van der Waals surface area contributed by atoms with Gasteiger partial charge in [-0.1, -0.05) is 46.7 Å². The molecule has 6 nitrogen and oxygen atoms in total. The Hall–Kier alpha value is -2.32. The first-order valence-corrected chi connectivity index (χ1v) is 15.1. The van der Waals surface area contributed by atoms with E-state index < -0.39 is 0 Å². The van der Waals surface area contributed by atoms with Crippen molar-refractivity contribution in [2.75, 3.05) is 11.4 Å². The number of anilines is 1. The van der Waals surface area contributed by atoms with Gasteiger partial charge in [0.1, 0.15) is 11.3 Å². The van der Waals surface area contributed by atoms with E-state index in [-0.39, 0.29) is 6.10 Å². The van der Waals surface area contributed by atoms with Gasteiger partial charge in [0, 0.05) is 29.6 Å². The van der Waals surface area contributed by atoms with E-state index in [0.29, 0.717) is 40.8 Å². The van der Waals surface area contributed by atoms with Crippen LogP contribution in [-0.2, 0) is 11.3 Å². The highest BCUT2D eigenvalue weighted by Gasteiger charge is 2.46. The van der Waals surface area contributed by atoms with Crippen molar-refractivity contribution in [3.8, 4) is 16.9 Å². The van der Waals surface area contributed by atoms with Crippen LogP contribution in [0.1, 0.15) is 50.3 Å². The number of thiazole rings is 1. The number of para-hydroxylation sites is 1. The molecule has 3 saturated carbocycles. The van der Waals surface area contributed by atoms with E-state index in [2.05, 4.69) is 27.8 Å². The fraction of sp³-hybridized carbons (Fsp3) is 0.448. The van der Waals surface area contributed by atoms with Crippen LogP contribution in [-0.4, -0.2) is 39.6 Å². The van der Waals surface area contributed by atoms with Gasteiger partial charge in [-0.2, -0.15) is 5.10 Å². The van der Waals surface area contributed by atoms with Crippen molar-refractivity contribution in [3.05, 3.63) is 58.3 Å². The summed E-state index contributed by atoms with van der Waals surface area (Å²) in [5.41, 5.74) is 3.92. The molecule has 8 rings (SSSR count). The zero-order valence-electron chi connectivity index (χ0n) is 20.9. The Balaban J connectivity index is 0.997. The summed E-state index contributed by atoms with van der Waals surface area (Å²) in [5, 5.41) is 7.13. The summed E-state index contributed by atoms with van der Waals surface area (Å²) in [4.78, 5) is 7.55.